The molecule has 1 N–H and O–H groups in total. The number of hydrogen-bond donors (Lipinski definition) is 1. The molecule has 1 rings (SSSR count). The van der Waals surface area contributed by atoms with Crippen molar-refractivity contribution in [2.75, 3.05) is 26.4 Å². The molecule has 0 saturated carbocycles. The van der Waals surface area contributed by atoms with E-state index in [2.05, 4.69) is 19.2 Å². The standard InChI is InChI=1S/C18H30N2O3/c1-4-7-13-20(14-8-5-2)18(21)19-15-23-17-11-9-16(10-12-17)22-6-3/h9-12H,4-8,13-15H2,1-3H3,(H,19,21). The average Bonchev–Trinajstić information content (AvgIpc) is 2.57. The van der Waals surface area contributed by atoms with Crippen LogP contribution in [0, 0.1) is 0 Å². The summed E-state index contributed by atoms with van der Waals surface area (Å²) in [7, 11) is 0. The van der Waals surface area contributed by atoms with E-state index in [1.54, 1.807) is 0 Å². The maximum atomic E-state index is 12.2. The minimum Gasteiger partial charge on any atom is -0.494 e. The number of carbonyl (C=O) groups is 1. The molecule has 5 nitrogen and oxygen atoms in total. The highest BCUT2D eigenvalue weighted by molar-refractivity contribution is 5.73. The molecule has 1 aromatic rings. The summed E-state index contributed by atoms with van der Waals surface area (Å²) in [6, 6.07) is 7.33. The van der Waals surface area contributed by atoms with Crippen LogP contribution in [0.1, 0.15) is 46.5 Å². The Morgan fingerprint density at radius 2 is 1.48 bits per heavy atom. The van der Waals surface area contributed by atoms with Gasteiger partial charge in [0.05, 0.1) is 6.61 Å². The molecule has 1 aromatic carbocycles. The van der Waals surface area contributed by atoms with Crippen molar-refractivity contribution in [3.8, 4) is 11.5 Å². The SMILES string of the molecule is CCCCN(CCCC)C(=O)NCOc1ccc(OCC)cc1. The summed E-state index contributed by atoms with van der Waals surface area (Å²) in [5, 5.41) is 2.82. The predicted molar refractivity (Wildman–Crippen MR) is 93.0 cm³/mol. The third-order valence-electron chi connectivity index (χ3n) is 3.45. The second kappa shape index (κ2) is 11.6. The highest BCUT2D eigenvalue weighted by Gasteiger charge is 2.11. The third kappa shape index (κ3) is 7.77. The second-order valence-electron chi connectivity index (χ2n) is 5.37. The molecule has 0 heterocycles. The van der Waals surface area contributed by atoms with Gasteiger partial charge in [0.25, 0.3) is 0 Å². The first-order valence-electron chi connectivity index (χ1n) is 8.59. The topological polar surface area (TPSA) is 50.8 Å². The summed E-state index contributed by atoms with van der Waals surface area (Å²) in [4.78, 5) is 14.1. The van der Waals surface area contributed by atoms with Gasteiger partial charge in [-0.2, -0.15) is 0 Å². The van der Waals surface area contributed by atoms with Crippen LogP contribution in [0.5, 0.6) is 11.5 Å². The summed E-state index contributed by atoms with van der Waals surface area (Å²) in [6.07, 6.45) is 4.21. The van der Waals surface area contributed by atoms with Gasteiger partial charge in [0.15, 0.2) is 6.73 Å². The van der Waals surface area contributed by atoms with Crippen molar-refractivity contribution in [2.45, 2.75) is 46.5 Å². The lowest BCUT2D eigenvalue weighted by atomic mass is 10.3. The number of carbonyl (C=O) groups excluding carboxylic acids is 1. The monoisotopic (exact) mass is 322 g/mol. The molecule has 0 aliphatic carbocycles. The smallest absolute Gasteiger partial charge is 0.320 e. The number of amides is 2. The number of hydrogen-bond acceptors (Lipinski definition) is 3. The van der Waals surface area contributed by atoms with E-state index in [0.717, 1.165) is 44.5 Å². The van der Waals surface area contributed by atoms with E-state index in [0.29, 0.717) is 12.4 Å². The summed E-state index contributed by atoms with van der Waals surface area (Å²) in [5.74, 6) is 1.52. The van der Waals surface area contributed by atoms with Crippen molar-refractivity contribution in [3.05, 3.63) is 24.3 Å². The summed E-state index contributed by atoms with van der Waals surface area (Å²) in [6.45, 7) is 8.61. The molecular formula is C18H30N2O3. The van der Waals surface area contributed by atoms with Crippen molar-refractivity contribution in [2.24, 2.45) is 0 Å². The Balaban J connectivity index is 2.37. The normalized spacial score (nSPS) is 10.2. The zero-order valence-electron chi connectivity index (χ0n) is 14.6. The molecule has 0 aliphatic heterocycles. The van der Waals surface area contributed by atoms with Gasteiger partial charge in [-0.15, -0.1) is 0 Å². The van der Waals surface area contributed by atoms with Gasteiger partial charge in [0.1, 0.15) is 11.5 Å². The van der Waals surface area contributed by atoms with Crippen LogP contribution in [0.4, 0.5) is 4.79 Å². The fourth-order valence-electron chi connectivity index (χ4n) is 2.10. The molecule has 0 radical (unpaired) electrons. The maximum absolute atomic E-state index is 12.2. The molecule has 0 unspecified atom stereocenters. The number of ether oxygens (including phenoxy) is 2. The number of urea groups is 1. The van der Waals surface area contributed by atoms with Crippen molar-refractivity contribution >= 4 is 6.03 Å². The van der Waals surface area contributed by atoms with Crippen LogP contribution in [0.25, 0.3) is 0 Å². The molecule has 5 heteroatoms. The van der Waals surface area contributed by atoms with Crippen molar-refractivity contribution in [3.63, 3.8) is 0 Å². The first-order chi connectivity index (χ1) is 11.2. The molecule has 0 aliphatic rings. The van der Waals surface area contributed by atoms with E-state index in [1.165, 1.54) is 0 Å². The van der Waals surface area contributed by atoms with E-state index < -0.39 is 0 Å². The third-order valence-corrected chi connectivity index (χ3v) is 3.45. The van der Waals surface area contributed by atoms with E-state index in [4.69, 9.17) is 9.47 Å². The molecule has 23 heavy (non-hydrogen) atoms. The Morgan fingerprint density at radius 1 is 0.957 bits per heavy atom. The highest BCUT2D eigenvalue weighted by atomic mass is 16.5. The number of benzene rings is 1. The summed E-state index contributed by atoms with van der Waals surface area (Å²) >= 11 is 0. The van der Waals surface area contributed by atoms with Crippen LogP contribution < -0.4 is 14.8 Å². The Morgan fingerprint density at radius 3 is 1.96 bits per heavy atom. The number of nitrogens with zero attached hydrogens (tertiary/aromatic N) is 1. The van der Waals surface area contributed by atoms with E-state index in [9.17, 15) is 4.79 Å². The quantitative estimate of drug-likeness (QED) is 0.626. The van der Waals surface area contributed by atoms with Gasteiger partial charge < -0.3 is 19.7 Å². The Bertz CT molecular complexity index is 426. The molecular weight excluding hydrogens is 292 g/mol. The lowest BCUT2D eigenvalue weighted by Crippen LogP contribution is -2.42. The van der Waals surface area contributed by atoms with Crippen LogP contribution in [-0.4, -0.2) is 37.4 Å². The second-order valence-corrected chi connectivity index (χ2v) is 5.37. The zero-order chi connectivity index (χ0) is 16.9. The van der Waals surface area contributed by atoms with Crippen LogP contribution in [0.3, 0.4) is 0 Å². The Hall–Kier alpha value is -1.91. The van der Waals surface area contributed by atoms with Gasteiger partial charge in [-0.25, -0.2) is 4.79 Å². The first-order valence-corrected chi connectivity index (χ1v) is 8.59. The van der Waals surface area contributed by atoms with Crippen molar-refractivity contribution in [1.82, 2.24) is 10.2 Å². The van der Waals surface area contributed by atoms with E-state index in [-0.39, 0.29) is 12.8 Å². The zero-order valence-corrected chi connectivity index (χ0v) is 14.6. The largest absolute Gasteiger partial charge is 0.494 e. The lowest BCUT2D eigenvalue weighted by molar-refractivity contribution is 0.182. The van der Waals surface area contributed by atoms with E-state index >= 15 is 0 Å². The van der Waals surface area contributed by atoms with Crippen molar-refractivity contribution in [1.29, 1.82) is 0 Å². The van der Waals surface area contributed by atoms with Crippen molar-refractivity contribution < 1.29 is 14.3 Å². The summed E-state index contributed by atoms with van der Waals surface area (Å²) < 4.78 is 10.9. The average molecular weight is 322 g/mol. The molecule has 0 spiro atoms. The molecule has 0 fully saturated rings. The van der Waals surface area contributed by atoms with Crippen LogP contribution >= 0.6 is 0 Å². The van der Waals surface area contributed by atoms with Gasteiger partial charge >= 0.3 is 6.03 Å². The van der Waals surface area contributed by atoms with Gasteiger partial charge in [-0.3, -0.25) is 0 Å². The lowest BCUT2D eigenvalue weighted by Gasteiger charge is -2.22. The van der Waals surface area contributed by atoms with Gasteiger partial charge in [-0.1, -0.05) is 26.7 Å². The van der Waals surface area contributed by atoms with Gasteiger partial charge in [0, 0.05) is 13.1 Å². The predicted octanol–water partition coefficient (Wildman–Crippen LogP) is 4.03. The minimum absolute atomic E-state index is 0.0576. The molecule has 0 bridgehead atoms. The number of nitrogens with one attached hydrogen (secondary N) is 1. The summed E-state index contributed by atoms with van der Waals surface area (Å²) in [5.41, 5.74) is 0. The highest BCUT2D eigenvalue weighted by Crippen LogP contribution is 2.17. The molecule has 0 aromatic heterocycles. The molecule has 130 valence electrons. The number of unbranched alkanes of at least 4 members (excludes halogenated alkanes) is 2. The molecule has 2 amide bonds. The van der Waals surface area contributed by atoms with Crippen LogP contribution in [0.15, 0.2) is 24.3 Å². The molecule has 0 saturated heterocycles. The van der Waals surface area contributed by atoms with Gasteiger partial charge in [-0.05, 0) is 44.0 Å². The Kier molecular flexibility index (Phi) is 9.68. The maximum Gasteiger partial charge on any atom is 0.320 e. The fourth-order valence-corrected chi connectivity index (χ4v) is 2.10. The Labute approximate surface area is 140 Å². The first kappa shape index (κ1) is 19.1. The van der Waals surface area contributed by atoms with E-state index in [1.807, 2.05) is 36.1 Å². The van der Waals surface area contributed by atoms with Crippen LogP contribution in [-0.2, 0) is 0 Å². The fraction of sp³-hybridized carbons (Fsp3) is 0.611. The molecule has 0 atom stereocenters. The van der Waals surface area contributed by atoms with Crippen LogP contribution in [0.2, 0.25) is 0 Å². The minimum atomic E-state index is -0.0576. The number of rotatable bonds is 11. The van der Waals surface area contributed by atoms with Gasteiger partial charge in [0.2, 0.25) is 0 Å².